The van der Waals surface area contributed by atoms with Crippen LogP contribution in [0.1, 0.15) is 34.4 Å². The highest BCUT2D eigenvalue weighted by molar-refractivity contribution is 5.95. The molecule has 7 nitrogen and oxygen atoms in total. The predicted octanol–water partition coefficient (Wildman–Crippen LogP) is 2.45. The molecule has 0 radical (unpaired) electrons. The zero-order valence-electron chi connectivity index (χ0n) is 12.7. The average molecular weight is 355 g/mol. The fourth-order valence-electron chi connectivity index (χ4n) is 2.88. The summed E-state index contributed by atoms with van der Waals surface area (Å²) in [5.41, 5.74) is 0.425. The lowest BCUT2D eigenvalue weighted by Crippen LogP contribution is -2.28. The molecule has 1 aromatic heterocycles. The van der Waals surface area contributed by atoms with Gasteiger partial charge in [-0.05, 0) is 24.6 Å². The average Bonchev–Trinajstić information content (AvgIpc) is 3.30. The molecular weight excluding hydrogens is 343 g/mol. The van der Waals surface area contributed by atoms with Gasteiger partial charge in [-0.3, -0.25) is 4.79 Å². The van der Waals surface area contributed by atoms with E-state index in [2.05, 4.69) is 14.7 Å². The van der Waals surface area contributed by atoms with Crippen LogP contribution in [0.15, 0.2) is 22.7 Å². The number of hydrogen-bond acceptors (Lipinski definition) is 6. The summed E-state index contributed by atoms with van der Waals surface area (Å²) in [6.07, 6.45) is -4.21. The number of hydrogen-bond donors (Lipinski definition) is 0. The maximum absolute atomic E-state index is 12.6. The lowest BCUT2D eigenvalue weighted by atomic mass is 10.1. The first-order chi connectivity index (χ1) is 11.9. The second kappa shape index (κ2) is 5.64. The summed E-state index contributed by atoms with van der Waals surface area (Å²) >= 11 is 0. The van der Waals surface area contributed by atoms with Gasteiger partial charge in [-0.15, -0.1) is 0 Å². The third-order valence-electron chi connectivity index (χ3n) is 4.14. The zero-order chi connectivity index (χ0) is 17.6. The number of amides is 1. The molecule has 3 heterocycles. The molecule has 0 saturated carbocycles. The first kappa shape index (κ1) is 15.7. The van der Waals surface area contributed by atoms with Crippen molar-refractivity contribution < 1.29 is 32.0 Å². The van der Waals surface area contributed by atoms with E-state index in [1.54, 1.807) is 23.1 Å². The monoisotopic (exact) mass is 355 g/mol. The van der Waals surface area contributed by atoms with Crippen LogP contribution in [0.3, 0.4) is 0 Å². The molecule has 2 aliphatic heterocycles. The van der Waals surface area contributed by atoms with Crippen LogP contribution >= 0.6 is 0 Å². The summed E-state index contributed by atoms with van der Waals surface area (Å²) in [6, 6.07) is 4.87. The molecule has 0 unspecified atom stereocenters. The molecule has 0 bridgehead atoms. The molecule has 0 spiro atoms. The molecule has 1 saturated heterocycles. The van der Waals surface area contributed by atoms with Gasteiger partial charge in [0.15, 0.2) is 17.3 Å². The highest BCUT2D eigenvalue weighted by atomic mass is 19.4. The fraction of sp³-hybridized carbons (Fsp3) is 0.400. The minimum Gasteiger partial charge on any atom is -0.454 e. The van der Waals surface area contributed by atoms with Crippen molar-refractivity contribution in [3.63, 3.8) is 0 Å². The quantitative estimate of drug-likeness (QED) is 0.824. The molecule has 1 aromatic carbocycles. The standard InChI is InChI=1S/C15H12F3N3O4/c16-15(17,18)14-19-12(20-25-14)9-3-4-21(6-9)13(22)8-1-2-10-11(5-8)24-7-23-10/h1-2,5,9H,3-4,6-7H2/t9-/m1/s1. The van der Waals surface area contributed by atoms with Gasteiger partial charge in [0.05, 0.1) is 0 Å². The van der Waals surface area contributed by atoms with Gasteiger partial charge >= 0.3 is 12.1 Å². The van der Waals surface area contributed by atoms with Crippen LogP contribution in [0, 0.1) is 0 Å². The van der Waals surface area contributed by atoms with E-state index in [4.69, 9.17) is 9.47 Å². The number of carbonyl (C=O) groups is 1. The van der Waals surface area contributed by atoms with Crippen LogP contribution in [0.2, 0.25) is 0 Å². The number of alkyl halides is 3. The van der Waals surface area contributed by atoms with E-state index >= 15 is 0 Å². The molecule has 0 aliphatic carbocycles. The molecule has 2 aliphatic rings. The van der Waals surface area contributed by atoms with Gasteiger partial charge in [0.1, 0.15) is 0 Å². The molecular formula is C15H12F3N3O4. The van der Waals surface area contributed by atoms with E-state index in [1.165, 1.54) is 0 Å². The number of likely N-dealkylation sites (tertiary alicyclic amines) is 1. The molecule has 2 aromatic rings. The number of nitrogens with zero attached hydrogens (tertiary/aromatic N) is 3. The van der Waals surface area contributed by atoms with E-state index in [0.29, 0.717) is 30.0 Å². The lowest BCUT2D eigenvalue weighted by molar-refractivity contribution is -0.159. The second-order valence-electron chi connectivity index (χ2n) is 5.76. The third-order valence-corrected chi connectivity index (χ3v) is 4.14. The van der Waals surface area contributed by atoms with Crippen LogP contribution in [0.5, 0.6) is 11.5 Å². The Bertz CT molecular complexity index is 821. The molecule has 4 rings (SSSR count). The van der Waals surface area contributed by atoms with Crippen molar-refractivity contribution in [2.24, 2.45) is 0 Å². The number of carbonyl (C=O) groups excluding carboxylic acids is 1. The molecule has 10 heteroatoms. The summed E-state index contributed by atoms with van der Waals surface area (Å²) in [7, 11) is 0. The first-order valence-corrected chi connectivity index (χ1v) is 7.51. The van der Waals surface area contributed by atoms with E-state index in [0.717, 1.165) is 0 Å². The lowest BCUT2D eigenvalue weighted by Gasteiger charge is -2.16. The van der Waals surface area contributed by atoms with Gasteiger partial charge in [0.2, 0.25) is 6.79 Å². The van der Waals surface area contributed by atoms with E-state index in [9.17, 15) is 18.0 Å². The summed E-state index contributed by atoms with van der Waals surface area (Å²) in [5.74, 6) is -0.966. The Morgan fingerprint density at radius 3 is 2.80 bits per heavy atom. The van der Waals surface area contributed by atoms with Crippen molar-refractivity contribution in [1.29, 1.82) is 0 Å². The Kier molecular flexibility index (Phi) is 3.55. The minimum atomic E-state index is -4.67. The Hall–Kier alpha value is -2.78. The molecule has 1 amide bonds. The van der Waals surface area contributed by atoms with Gasteiger partial charge < -0.3 is 18.9 Å². The molecule has 1 fully saturated rings. The number of ether oxygens (including phenoxy) is 2. The van der Waals surface area contributed by atoms with Crippen LogP contribution in [0.25, 0.3) is 0 Å². The number of fused-ring (bicyclic) bond motifs is 1. The van der Waals surface area contributed by atoms with Crippen LogP contribution in [-0.2, 0) is 6.18 Å². The van der Waals surface area contributed by atoms with Crippen LogP contribution in [0.4, 0.5) is 13.2 Å². The normalized spacial score (nSPS) is 19.5. The third kappa shape index (κ3) is 2.87. The number of aromatic nitrogens is 2. The Morgan fingerprint density at radius 1 is 1.24 bits per heavy atom. The number of halogens is 3. The summed E-state index contributed by atoms with van der Waals surface area (Å²) in [5, 5.41) is 3.40. The van der Waals surface area contributed by atoms with E-state index < -0.39 is 18.0 Å². The smallest absolute Gasteiger partial charge is 0.454 e. The summed E-state index contributed by atoms with van der Waals surface area (Å²) in [6.45, 7) is 0.732. The maximum Gasteiger partial charge on any atom is 0.471 e. The van der Waals surface area contributed by atoms with Crippen molar-refractivity contribution in [3.8, 4) is 11.5 Å². The zero-order valence-corrected chi connectivity index (χ0v) is 12.7. The van der Waals surface area contributed by atoms with Crippen LogP contribution < -0.4 is 9.47 Å². The van der Waals surface area contributed by atoms with E-state index in [1.807, 2.05) is 0 Å². The second-order valence-corrected chi connectivity index (χ2v) is 5.76. The Labute approximate surface area is 139 Å². The van der Waals surface area contributed by atoms with Gasteiger partial charge in [0, 0.05) is 24.6 Å². The van der Waals surface area contributed by atoms with Crippen molar-refractivity contribution >= 4 is 5.91 Å². The number of rotatable bonds is 2. The SMILES string of the molecule is O=C(c1ccc2c(c1)OCO2)N1CC[C@@H](c2noc(C(F)(F)F)n2)C1. The largest absolute Gasteiger partial charge is 0.471 e. The minimum absolute atomic E-state index is 0.0340. The Morgan fingerprint density at radius 2 is 2.04 bits per heavy atom. The molecule has 0 N–H and O–H groups in total. The van der Waals surface area contributed by atoms with Crippen molar-refractivity contribution in [3.05, 3.63) is 35.5 Å². The highest BCUT2D eigenvalue weighted by Crippen LogP contribution is 2.34. The van der Waals surface area contributed by atoms with Gasteiger partial charge in [-0.2, -0.15) is 18.2 Å². The summed E-state index contributed by atoms with van der Waals surface area (Å²) in [4.78, 5) is 17.5. The van der Waals surface area contributed by atoms with Gasteiger partial charge in [-0.25, -0.2) is 0 Å². The maximum atomic E-state index is 12.6. The molecule has 25 heavy (non-hydrogen) atoms. The summed E-state index contributed by atoms with van der Waals surface area (Å²) < 4.78 is 52.3. The molecule has 1 atom stereocenters. The van der Waals surface area contributed by atoms with Gasteiger partial charge in [-0.1, -0.05) is 5.16 Å². The van der Waals surface area contributed by atoms with Crippen molar-refractivity contribution in [1.82, 2.24) is 15.0 Å². The van der Waals surface area contributed by atoms with Crippen LogP contribution in [-0.4, -0.2) is 40.8 Å². The number of benzene rings is 1. The van der Waals surface area contributed by atoms with Crippen molar-refractivity contribution in [2.45, 2.75) is 18.5 Å². The topological polar surface area (TPSA) is 77.7 Å². The fourth-order valence-corrected chi connectivity index (χ4v) is 2.88. The van der Waals surface area contributed by atoms with E-state index in [-0.39, 0.29) is 25.1 Å². The van der Waals surface area contributed by atoms with Crippen molar-refractivity contribution in [2.75, 3.05) is 19.9 Å². The predicted molar refractivity (Wildman–Crippen MR) is 75.1 cm³/mol. The highest BCUT2D eigenvalue weighted by Gasteiger charge is 2.40. The van der Waals surface area contributed by atoms with Gasteiger partial charge in [0.25, 0.3) is 5.91 Å². The molecule has 132 valence electrons. The first-order valence-electron chi connectivity index (χ1n) is 7.51. The Balaban J connectivity index is 1.47.